The molecule has 21 heavy (non-hydrogen) atoms. The van der Waals surface area contributed by atoms with Gasteiger partial charge in [-0.1, -0.05) is 12.1 Å². The van der Waals surface area contributed by atoms with Gasteiger partial charge in [-0.3, -0.25) is 14.1 Å². The van der Waals surface area contributed by atoms with Gasteiger partial charge in [0.25, 0.3) is 10.1 Å². The number of carbonyl (C=O) groups excluding carboxylic acids is 2. The van der Waals surface area contributed by atoms with Crippen molar-refractivity contribution in [1.82, 2.24) is 0 Å². The lowest BCUT2D eigenvalue weighted by atomic mass is 9.84. The van der Waals surface area contributed by atoms with Gasteiger partial charge in [0.15, 0.2) is 11.6 Å². The molecule has 1 N–H and O–H groups in total. The molecular weight excluding hydrogens is 299 g/mol. The Hall–Kier alpha value is -2.38. The molecule has 0 aromatic heterocycles. The SMILES string of the molecule is O=C1c2ccc(F)cc2C(=O)c2c1cccc2S(=O)(=O)O. The zero-order valence-corrected chi connectivity index (χ0v) is 11.1. The summed E-state index contributed by atoms with van der Waals surface area (Å²) in [6.45, 7) is 0. The van der Waals surface area contributed by atoms with Crippen molar-refractivity contribution >= 4 is 21.7 Å². The van der Waals surface area contributed by atoms with Gasteiger partial charge in [-0.05, 0) is 24.3 Å². The molecule has 0 amide bonds. The van der Waals surface area contributed by atoms with Crippen molar-refractivity contribution < 1.29 is 27.0 Å². The van der Waals surface area contributed by atoms with Gasteiger partial charge in [-0.25, -0.2) is 4.39 Å². The Labute approximate surface area is 118 Å². The lowest BCUT2D eigenvalue weighted by Gasteiger charge is -2.18. The minimum Gasteiger partial charge on any atom is -0.289 e. The van der Waals surface area contributed by atoms with E-state index in [9.17, 15) is 27.0 Å². The second-order valence-corrected chi connectivity index (χ2v) is 5.89. The van der Waals surface area contributed by atoms with E-state index >= 15 is 0 Å². The molecule has 2 aromatic carbocycles. The fraction of sp³-hybridized carbons (Fsp3) is 0. The number of ketones is 2. The number of halogens is 1. The molecule has 1 aliphatic carbocycles. The molecule has 106 valence electrons. The Morgan fingerprint density at radius 1 is 0.905 bits per heavy atom. The Balaban J connectivity index is 2.39. The van der Waals surface area contributed by atoms with Crippen molar-refractivity contribution in [3.63, 3.8) is 0 Å². The van der Waals surface area contributed by atoms with E-state index in [1.54, 1.807) is 0 Å². The molecular formula is C14H7FO5S. The molecule has 1 aliphatic rings. The summed E-state index contributed by atoms with van der Waals surface area (Å²) in [5.41, 5.74) is -0.776. The van der Waals surface area contributed by atoms with E-state index in [0.717, 1.165) is 18.2 Å². The molecule has 0 saturated carbocycles. The highest BCUT2D eigenvalue weighted by molar-refractivity contribution is 7.86. The predicted molar refractivity (Wildman–Crippen MR) is 69.5 cm³/mol. The van der Waals surface area contributed by atoms with Gasteiger partial charge in [0, 0.05) is 16.7 Å². The average molecular weight is 306 g/mol. The zero-order chi connectivity index (χ0) is 15.4. The lowest BCUT2D eigenvalue weighted by Crippen LogP contribution is -2.23. The maximum atomic E-state index is 13.3. The smallest absolute Gasteiger partial charge is 0.289 e. The van der Waals surface area contributed by atoms with Gasteiger partial charge >= 0.3 is 0 Å². The highest BCUT2D eigenvalue weighted by atomic mass is 32.2. The molecule has 0 saturated heterocycles. The number of carbonyl (C=O) groups is 2. The van der Waals surface area contributed by atoms with Gasteiger partial charge in [-0.2, -0.15) is 8.42 Å². The van der Waals surface area contributed by atoms with Gasteiger partial charge in [0.05, 0.1) is 5.56 Å². The molecule has 0 spiro atoms. The number of fused-ring (bicyclic) bond motifs is 2. The van der Waals surface area contributed by atoms with Crippen molar-refractivity contribution in [1.29, 1.82) is 0 Å². The molecule has 0 aliphatic heterocycles. The van der Waals surface area contributed by atoms with Gasteiger partial charge in [0.2, 0.25) is 0 Å². The normalized spacial score (nSPS) is 13.8. The summed E-state index contributed by atoms with van der Waals surface area (Å²) in [6.07, 6.45) is 0. The third-order valence-corrected chi connectivity index (χ3v) is 4.14. The monoisotopic (exact) mass is 306 g/mol. The van der Waals surface area contributed by atoms with Crippen LogP contribution in [0.2, 0.25) is 0 Å². The minimum atomic E-state index is -4.68. The first-order valence-electron chi connectivity index (χ1n) is 5.80. The van der Waals surface area contributed by atoms with Crippen molar-refractivity contribution in [3.8, 4) is 0 Å². The highest BCUT2D eigenvalue weighted by Gasteiger charge is 2.34. The molecule has 2 aromatic rings. The van der Waals surface area contributed by atoms with Crippen LogP contribution in [0.5, 0.6) is 0 Å². The summed E-state index contributed by atoms with van der Waals surface area (Å²) >= 11 is 0. The van der Waals surface area contributed by atoms with E-state index in [0.29, 0.717) is 0 Å². The molecule has 0 unspecified atom stereocenters. The molecule has 0 radical (unpaired) electrons. The van der Waals surface area contributed by atoms with Crippen molar-refractivity contribution in [2.45, 2.75) is 4.90 Å². The second kappa shape index (κ2) is 4.31. The van der Waals surface area contributed by atoms with Crippen LogP contribution in [0.4, 0.5) is 4.39 Å². The number of benzene rings is 2. The van der Waals surface area contributed by atoms with E-state index in [1.165, 1.54) is 18.2 Å². The van der Waals surface area contributed by atoms with Crippen LogP contribution in [-0.4, -0.2) is 24.5 Å². The molecule has 0 bridgehead atoms. The fourth-order valence-electron chi connectivity index (χ4n) is 2.35. The average Bonchev–Trinajstić information content (AvgIpc) is 2.43. The van der Waals surface area contributed by atoms with Crippen LogP contribution in [0.25, 0.3) is 0 Å². The topological polar surface area (TPSA) is 88.5 Å². The van der Waals surface area contributed by atoms with Crippen LogP contribution in [0.15, 0.2) is 41.3 Å². The first-order chi connectivity index (χ1) is 9.80. The maximum absolute atomic E-state index is 13.3. The van der Waals surface area contributed by atoms with Gasteiger partial charge < -0.3 is 0 Å². The maximum Gasteiger partial charge on any atom is 0.295 e. The molecule has 5 nitrogen and oxygen atoms in total. The quantitative estimate of drug-likeness (QED) is 0.693. The first kappa shape index (κ1) is 13.6. The molecule has 0 fully saturated rings. The van der Waals surface area contributed by atoms with E-state index in [1.807, 2.05) is 0 Å². The van der Waals surface area contributed by atoms with E-state index in [2.05, 4.69) is 0 Å². The summed E-state index contributed by atoms with van der Waals surface area (Å²) in [5.74, 6) is -2.12. The lowest BCUT2D eigenvalue weighted by molar-refractivity contribution is 0.0976. The van der Waals surface area contributed by atoms with Gasteiger partial charge in [-0.15, -0.1) is 0 Å². The molecule has 7 heteroatoms. The van der Waals surface area contributed by atoms with E-state index in [4.69, 9.17) is 0 Å². The summed E-state index contributed by atoms with van der Waals surface area (Å²) in [6, 6.07) is 6.65. The highest BCUT2D eigenvalue weighted by Crippen LogP contribution is 2.31. The minimum absolute atomic E-state index is 0.00128. The number of hydrogen-bond acceptors (Lipinski definition) is 4. The van der Waals surface area contributed by atoms with Crippen LogP contribution < -0.4 is 0 Å². The summed E-state index contributed by atoms with van der Waals surface area (Å²) in [5, 5.41) is 0. The Kier molecular flexibility index (Phi) is 2.79. The standard InChI is InChI=1S/C14H7FO5S/c15-7-4-5-8-10(6-7)14(17)12-9(13(8)16)2-1-3-11(12)21(18,19)20/h1-6H,(H,18,19,20). The second-order valence-electron chi connectivity index (χ2n) is 4.50. The Morgan fingerprint density at radius 3 is 2.29 bits per heavy atom. The van der Waals surface area contributed by atoms with Crippen LogP contribution in [-0.2, 0) is 10.1 Å². The first-order valence-corrected chi connectivity index (χ1v) is 7.24. The number of hydrogen-bond donors (Lipinski definition) is 1. The molecule has 0 atom stereocenters. The molecule has 3 rings (SSSR count). The van der Waals surface area contributed by atoms with Gasteiger partial charge in [0.1, 0.15) is 10.7 Å². The van der Waals surface area contributed by atoms with Crippen molar-refractivity contribution in [3.05, 3.63) is 64.5 Å². The molecule has 0 heterocycles. The van der Waals surface area contributed by atoms with Crippen LogP contribution in [0.3, 0.4) is 0 Å². The van der Waals surface area contributed by atoms with Crippen molar-refractivity contribution in [2.75, 3.05) is 0 Å². The Bertz CT molecular complexity index is 915. The van der Waals surface area contributed by atoms with Crippen LogP contribution in [0.1, 0.15) is 31.8 Å². The predicted octanol–water partition coefficient (Wildman–Crippen LogP) is 1.85. The largest absolute Gasteiger partial charge is 0.295 e. The van der Waals surface area contributed by atoms with E-state index in [-0.39, 0.29) is 16.7 Å². The third-order valence-electron chi connectivity index (χ3n) is 3.25. The van der Waals surface area contributed by atoms with Crippen LogP contribution >= 0.6 is 0 Å². The van der Waals surface area contributed by atoms with Crippen LogP contribution in [0, 0.1) is 5.82 Å². The summed E-state index contributed by atoms with van der Waals surface area (Å²) < 4.78 is 45.2. The zero-order valence-electron chi connectivity index (χ0n) is 10.3. The third kappa shape index (κ3) is 1.98. The van der Waals surface area contributed by atoms with E-state index < -0.39 is 38.0 Å². The fourth-order valence-corrected chi connectivity index (χ4v) is 3.06. The summed E-state index contributed by atoms with van der Waals surface area (Å²) in [7, 11) is -4.68. The Morgan fingerprint density at radius 2 is 1.62 bits per heavy atom. The summed E-state index contributed by atoms with van der Waals surface area (Å²) in [4.78, 5) is 24.0. The number of rotatable bonds is 1. The van der Waals surface area contributed by atoms with Crippen molar-refractivity contribution in [2.24, 2.45) is 0 Å².